The van der Waals surface area contributed by atoms with Gasteiger partial charge in [0.1, 0.15) is 5.58 Å². The van der Waals surface area contributed by atoms with Crippen molar-refractivity contribution in [3.8, 4) is 11.5 Å². The highest BCUT2D eigenvalue weighted by atomic mass is 32.1. The lowest BCUT2D eigenvalue weighted by atomic mass is 10.2. The monoisotopic (exact) mass is 331 g/mol. The smallest absolute Gasteiger partial charge is 0.268 e. The molecular formula is C17H17NO4S. The maximum absolute atomic E-state index is 12.8. The summed E-state index contributed by atoms with van der Waals surface area (Å²) < 4.78 is 16.9. The highest BCUT2D eigenvalue weighted by Gasteiger charge is 2.20. The normalized spacial score (nSPS) is 10.7. The van der Waals surface area contributed by atoms with Crippen LogP contribution in [0.5, 0.6) is 11.5 Å². The van der Waals surface area contributed by atoms with Gasteiger partial charge in [-0.15, -0.1) is 11.3 Å². The van der Waals surface area contributed by atoms with Gasteiger partial charge >= 0.3 is 0 Å². The van der Waals surface area contributed by atoms with E-state index in [9.17, 15) is 4.79 Å². The van der Waals surface area contributed by atoms with Gasteiger partial charge in [-0.2, -0.15) is 0 Å². The van der Waals surface area contributed by atoms with Crippen molar-refractivity contribution in [1.82, 2.24) is 0 Å². The zero-order valence-electron chi connectivity index (χ0n) is 13.2. The van der Waals surface area contributed by atoms with Gasteiger partial charge in [0, 0.05) is 24.4 Å². The van der Waals surface area contributed by atoms with Gasteiger partial charge in [-0.3, -0.25) is 4.79 Å². The topological polar surface area (TPSA) is 51.9 Å². The fraction of sp³-hybridized carbons (Fsp3) is 0.235. The number of carbonyl (C=O) groups is 1. The number of methoxy groups -OCH3 is 2. The molecule has 120 valence electrons. The predicted octanol–water partition coefficient (Wildman–Crippen LogP) is 4.18. The number of anilines is 1. The van der Waals surface area contributed by atoms with Gasteiger partial charge in [-0.25, -0.2) is 0 Å². The summed E-state index contributed by atoms with van der Waals surface area (Å²) in [4.78, 5) is 15.2. The van der Waals surface area contributed by atoms with Gasteiger partial charge in [-0.1, -0.05) is 0 Å². The first kappa shape index (κ1) is 15.4. The number of rotatable bonds is 5. The van der Waals surface area contributed by atoms with E-state index in [2.05, 4.69) is 0 Å². The van der Waals surface area contributed by atoms with E-state index in [1.807, 2.05) is 19.1 Å². The molecule has 0 fully saturated rings. The second-order valence-electron chi connectivity index (χ2n) is 4.85. The Balaban J connectivity index is 1.95. The highest BCUT2D eigenvalue weighted by Crippen LogP contribution is 2.33. The SMILES string of the molecule is CCN(C(=O)c1cc2occc2s1)c1ccc(OC)c(OC)c1. The molecule has 0 atom stereocenters. The average molecular weight is 331 g/mol. The Bertz CT molecular complexity index is 808. The van der Waals surface area contributed by atoms with E-state index in [-0.39, 0.29) is 5.91 Å². The van der Waals surface area contributed by atoms with E-state index >= 15 is 0 Å². The summed E-state index contributed by atoms with van der Waals surface area (Å²) >= 11 is 1.43. The minimum Gasteiger partial charge on any atom is -0.493 e. The molecule has 2 aromatic heterocycles. The molecule has 2 heterocycles. The van der Waals surface area contributed by atoms with Crippen molar-refractivity contribution in [2.45, 2.75) is 6.92 Å². The molecule has 3 aromatic rings. The van der Waals surface area contributed by atoms with Crippen LogP contribution < -0.4 is 14.4 Å². The van der Waals surface area contributed by atoms with Crippen LogP contribution in [0.1, 0.15) is 16.6 Å². The third-order valence-electron chi connectivity index (χ3n) is 3.59. The van der Waals surface area contributed by atoms with Crippen LogP contribution in [0.3, 0.4) is 0 Å². The summed E-state index contributed by atoms with van der Waals surface area (Å²) in [7, 11) is 3.16. The van der Waals surface area contributed by atoms with Crippen molar-refractivity contribution in [2.24, 2.45) is 0 Å². The molecule has 0 aliphatic heterocycles. The first-order chi connectivity index (χ1) is 11.2. The third kappa shape index (κ3) is 2.77. The largest absolute Gasteiger partial charge is 0.493 e. The molecule has 6 heteroatoms. The van der Waals surface area contributed by atoms with Crippen LogP contribution in [0.15, 0.2) is 41.0 Å². The minimum atomic E-state index is -0.0591. The zero-order valence-corrected chi connectivity index (χ0v) is 14.0. The van der Waals surface area contributed by atoms with Crippen LogP contribution in [0.2, 0.25) is 0 Å². The number of amides is 1. The highest BCUT2D eigenvalue weighted by molar-refractivity contribution is 7.20. The number of carbonyl (C=O) groups excluding carboxylic acids is 1. The zero-order chi connectivity index (χ0) is 16.4. The standard InChI is InChI=1S/C17H17NO4S/c1-4-18(11-5-6-12(20-2)13(9-11)21-3)17(19)16-10-14-15(23-16)7-8-22-14/h5-10H,4H2,1-3H3. The van der Waals surface area contributed by atoms with Crippen LogP contribution in [0, 0.1) is 0 Å². The molecule has 5 nitrogen and oxygen atoms in total. The van der Waals surface area contributed by atoms with Gasteiger partial charge in [-0.05, 0) is 25.1 Å². The Morgan fingerprint density at radius 2 is 1.96 bits per heavy atom. The van der Waals surface area contributed by atoms with Gasteiger partial charge in [0.05, 0.1) is 30.1 Å². The number of hydrogen-bond acceptors (Lipinski definition) is 5. The van der Waals surface area contributed by atoms with Crippen molar-refractivity contribution in [2.75, 3.05) is 25.7 Å². The quantitative estimate of drug-likeness (QED) is 0.704. The van der Waals surface area contributed by atoms with E-state index in [0.717, 1.165) is 16.0 Å². The number of hydrogen-bond donors (Lipinski definition) is 0. The van der Waals surface area contributed by atoms with E-state index in [1.54, 1.807) is 43.6 Å². The summed E-state index contributed by atoms with van der Waals surface area (Å²) in [6.45, 7) is 2.49. The van der Waals surface area contributed by atoms with Gasteiger partial charge < -0.3 is 18.8 Å². The molecule has 0 aliphatic carbocycles. The fourth-order valence-corrected chi connectivity index (χ4v) is 3.37. The number of furan rings is 1. The van der Waals surface area contributed by atoms with Crippen LogP contribution in [-0.4, -0.2) is 26.7 Å². The van der Waals surface area contributed by atoms with Crippen molar-refractivity contribution in [1.29, 1.82) is 0 Å². The predicted molar refractivity (Wildman–Crippen MR) is 91.0 cm³/mol. The summed E-state index contributed by atoms with van der Waals surface area (Å²) in [5.74, 6) is 1.17. The maximum atomic E-state index is 12.8. The van der Waals surface area contributed by atoms with Crippen LogP contribution in [0.25, 0.3) is 10.3 Å². The molecule has 0 aliphatic rings. The lowest BCUT2D eigenvalue weighted by molar-refractivity contribution is 0.0992. The Morgan fingerprint density at radius 1 is 1.17 bits per heavy atom. The molecular weight excluding hydrogens is 314 g/mol. The average Bonchev–Trinajstić information content (AvgIpc) is 3.16. The molecule has 0 N–H and O–H groups in total. The first-order valence-corrected chi connectivity index (χ1v) is 8.00. The Kier molecular flexibility index (Phi) is 4.25. The summed E-state index contributed by atoms with van der Waals surface area (Å²) in [6.07, 6.45) is 1.63. The fourth-order valence-electron chi connectivity index (χ4n) is 2.44. The summed E-state index contributed by atoms with van der Waals surface area (Å²) in [5.41, 5.74) is 1.50. The summed E-state index contributed by atoms with van der Waals surface area (Å²) in [5, 5.41) is 0. The van der Waals surface area contributed by atoms with Crippen LogP contribution >= 0.6 is 11.3 Å². The van der Waals surface area contributed by atoms with E-state index in [0.29, 0.717) is 22.9 Å². The molecule has 0 saturated carbocycles. The molecule has 0 radical (unpaired) electrons. The van der Waals surface area contributed by atoms with Gasteiger partial charge in [0.2, 0.25) is 0 Å². The molecule has 1 amide bonds. The van der Waals surface area contributed by atoms with E-state index in [4.69, 9.17) is 13.9 Å². The first-order valence-electron chi connectivity index (χ1n) is 7.18. The van der Waals surface area contributed by atoms with E-state index in [1.165, 1.54) is 11.3 Å². The number of thiophene rings is 1. The lowest BCUT2D eigenvalue weighted by Gasteiger charge is -2.21. The van der Waals surface area contributed by atoms with Crippen molar-refractivity contribution < 1.29 is 18.7 Å². The third-order valence-corrected chi connectivity index (χ3v) is 4.66. The maximum Gasteiger partial charge on any atom is 0.268 e. The van der Waals surface area contributed by atoms with Gasteiger partial charge in [0.15, 0.2) is 11.5 Å². The Hall–Kier alpha value is -2.47. The number of fused-ring (bicyclic) bond motifs is 1. The van der Waals surface area contributed by atoms with Crippen LogP contribution in [0.4, 0.5) is 5.69 Å². The molecule has 23 heavy (non-hydrogen) atoms. The van der Waals surface area contributed by atoms with Crippen molar-refractivity contribution in [3.05, 3.63) is 41.5 Å². The molecule has 0 bridgehead atoms. The number of nitrogens with zero attached hydrogens (tertiary/aromatic N) is 1. The Morgan fingerprint density at radius 3 is 2.61 bits per heavy atom. The summed E-state index contributed by atoms with van der Waals surface area (Å²) in [6, 6.07) is 9.10. The minimum absolute atomic E-state index is 0.0591. The van der Waals surface area contributed by atoms with Crippen molar-refractivity contribution >= 4 is 33.2 Å². The van der Waals surface area contributed by atoms with Gasteiger partial charge in [0.25, 0.3) is 5.91 Å². The molecule has 3 rings (SSSR count). The van der Waals surface area contributed by atoms with E-state index < -0.39 is 0 Å². The second-order valence-corrected chi connectivity index (χ2v) is 5.93. The Labute approximate surface area is 138 Å². The molecule has 0 saturated heterocycles. The molecule has 1 aromatic carbocycles. The molecule has 0 unspecified atom stereocenters. The lowest BCUT2D eigenvalue weighted by Crippen LogP contribution is -2.29. The number of ether oxygens (including phenoxy) is 2. The number of benzene rings is 1. The van der Waals surface area contributed by atoms with Crippen molar-refractivity contribution in [3.63, 3.8) is 0 Å². The second kappa shape index (κ2) is 6.34. The molecule has 0 spiro atoms. The van der Waals surface area contributed by atoms with Crippen LogP contribution in [-0.2, 0) is 0 Å².